The van der Waals surface area contributed by atoms with E-state index in [0.29, 0.717) is 23.2 Å². The van der Waals surface area contributed by atoms with Gasteiger partial charge < -0.3 is 10.2 Å². The van der Waals surface area contributed by atoms with Crippen LogP contribution >= 0.6 is 20.6 Å². The third-order valence-electron chi connectivity index (χ3n) is 3.57. The first-order valence-electron chi connectivity index (χ1n) is 6.55. The fourth-order valence-electron chi connectivity index (χ4n) is 2.48. The minimum absolute atomic E-state index is 0.0218. The Morgan fingerprint density at radius 3 is 3.00 bits per heavy atom. The summed E-state index contributed by atoms with van der Waals surface area (Å²) in [7, 11) is 0.573. The lowest BCUT2D eigenvalue weighted by molar-refractivity contribution is 0.699. The second kappa shape index (κ2) is 6.14. The van der Waals surface area contributed by atoms with Crippen LogP contribution in [-0.2, 0) is 13.0 Å². The highest BCUT2D eigenvalue weighted by Crippen LogP contribution is 2.29. The van der Waals surface area contributed by atoms with Gasteiger partial charge in [-0.05, 0) is 6.42 Å². The SMILES string of the molecule is CNc1ncnc2c1CCN(c1cnn(PF)c(=O)c1Cl)C2. The molecule has 0 aliphatic carbocycles. The molecule has 3 rings (SSSR count). The molecule has 7 nitrogen and oxygen atoms in total. The van der Waals surface area contributed by atoms with E-state index in [-0.39, 0.29) is 5.02 Å². The predicted octanol–water partition coefficient (Wildman–Crippen LogP) is 1.62. The van der Waals surface area contributed by atoms with Gasteiger partial charge in [0.15, 0.2) is 9.04 Å². The number of nitrogens with zero attached hydrogens (tertiary/aromatic N) is 5. The molecule has 1 atom stereocenters. The summed E-state index contributed by atoms with van der Waals surface area (Å²) in [6.07, 6.45) is 3.63. The van der Waals surface area contributed by atoms with Gasteiger partial charge in [-0.15, -0.1) is 0 Å². The molecule has 2 aromatic rings. The van der Waals surface area contributed by atoms with E-state index in [4.69, 9.17) is 11.6 Å². The molecule has 1 unspecified atom stereocenters. The van der Waals surface area contributed by atoms with Gasteiger partial charge in [0, 0.05) is 19.2 Å². The van der Waals surface area contributed by atoms with E-state index in [1.165, 1.54) is 12.5 Å². The van der Waals surface area contributed by atoms with Gasteiger partial charge in [-0.3, -0.25) is 4.79 Å². The van der Waals surface area contributed by atoms with E-state index >= 15 is 0 Å². The van der Waals surface area contributed by atoms with Crippen molar-refractivity contribution in [2.24, 2.45) is 0 Å². The number of rotatable bonds is 3. The zero-order valence-corrected chi connectivity index (χ0v) is 13.4. The number of anilines is 2. The maximum absolute atomic E-state index is 12.7. The van der Waals surface area contributed by atoms with Crippen LogP contribution in [0.2, 0.25) is 5.02 Å². The molecule has 0 fully saturated rings. The van der Waals surface area contributed by atoms with Crippen LogP contribution in [0.1, 0.15) is 11.3 Å². The number of aromatic nitrogens is 4. The molecular weight excluding hydrogens is 330 g/mol. The highest BCUT2D eigenvalue weighted by Gasteiger charge is 2.23. The second-order valence-electron chi connectivity index (χ2n) is 4.71. The van der Waals surface area contributed by atoms with E-state index in [9.17, 15) is 8.99 Å². The quantitative estimate of drug-likeness (QED) is 0.854. The van der Waals surface area contributed by atoms with E-state index in [2.05, 4.69) is 20.4 Å². The van der Waals surface area contributed by atoms with Crippen molar-refractivity contribution in [3.05, 3.63) is 39.2 Å². The minimum Gasteiger partial charge on any atom is -0.373 e. The van der Waals surface area contributed by atoms with Crippen molar-refractivity contribution < 1.29 is 4.20 Å². The van der Waals surface area contributed by atoms with Crippen molar-refractivity contribution in [2.45, 2.75) is 13.0 Å². The molecule has 0 aromatic carbocycles. The Morgan fingerprint density at radius 2 is 2.27 bits per heavy atom. The van der Waals surface area contributed by atoms with Crippen LogP contribution in [0.4, 0.5) is 15.7 Å². The zero-order chi connectivity index (χ0) is 15.7. The Kier molecular flexibility index (Phi) is 4.22. The van der Waals surface area contributed by atoms with Crippen LogP contribution < -0.4 is 15.8 Å². The molecule has 0 radical (unpaired) electrons. The molecule has 116 valence electrons. The van der Waals surface area contributed by atoms with Gasteiger partial charge in [0.2, 0.25) is 0 Å². The van der Waals surface area contributed by atoms with Crippen LogP contribution in [0.3, 0.4) is 0 Å². The molecule has 10 heteroatoms. The number of hydrogen-bond acceptors (Lipinski definition) is 6. The molecule has 0 saturated carbocycles. The Balaban J connectivity index is 1.96. The van der Waals surface area contributed by atoms with Crippen molar-refractivity contribution >= 4 is 32.1 Å². The summed E-state index contributed by atoms with van der Waals surface area (Å²) < 4.78 is 13.4. The van der Waals surface area contributed by atoms with Crippen molar-refractivity contribution in [3.8, 4) is 0 Å². The Hall–Kier alpha value is -1.79. The lowest BCUT2D eigenvalue weighted by atomic mass is 10.1. The summed E-state index contributed by atoms with van der Waals surface area (Å²) in [6.45, 7) is 1.15. The van der Waals surface area contributed by atoms with E-state index in [1.54, 1.807) is 0 Å². The predicted molar refractivity (Wildman–Crippen MR) is 84.7 cm³/mol. The zero-order valence-electron chi connectivity index (χ0n) is 11.7. The van der Waals surface area contributed by atoms with Crippen LogP contribution in [0.25, 0.3) is 0 Å². The number of hydrogen-bond donors (Lipinski definition) is 1. The van der Waals surface area contributed by atoms with Crippen LogP contribution in [0.15, 0.2) is 17.3 Å². The molecule has 0 bridgehead atoms. The van der Waals surface area contributed by atoms with Gasteiger partial charge >= 0.3 is 0 Å². The number of fused-ring (bicyclic) bond motifs is 1. The van der Waals surface area contributed by atoms with Gasteiger partial charge in [0.1, 0.15) is 17.2 Å². The number of halogens is 2. The monoisotopic (exact) mass is 342 g/mol. The van der Waals surface area contributed by atoms with Gasteiger partial charge in [-0.2, -0.15) is 9.55 Å². The second-order valence-corrected chi connectivity index (χ2v) is 5.68. The van der Waals surface area contributed by atoms with Gasteiger partial charge in [-0.25, -0.2) is 14.2 Å². The molecule has 3 heterocycles. The summed E-state index contributed by atoms with van der Waals surface area (Å²) >= 11 is 6.07. The van der Waals surface area contributed by atoms with Crippen LogP contribution in [0, 0.1) is 0 Å². The first-order valence-corrected chi connectivity index (χ1v) is 7.76. The standard InChI is InChI=1S/C12H13ClFN6OP/c1-15-11-7-2-3-19(5-8(7)16-6-17-11)9-4-18-20(22-14)12(21)10(9)13/h4,6,22H,2-3,5H2,1H3,(H,15,16,17). The fourth-order valence-corrected chi connectivity index (χ4v) is 3.09. The molecule has 2 aromatic heterocycles. The van der Waals surface area contributed by atoms with Crippen molar-refractivity contribution in [1.82, 2.24) is 19.5 Å². The molecule has 22 heavy (non-hydrogen) atoms. The smallest absolute Gasteiger partial charge is 0.293 e. The van der Waals surface area contributed by atoms with Gasteiger partial charge in [0.25, 0.3) is 5.56 Å². The molecule has 1 aliphatic rings. The Bertz CT molecular complexity index is 770. The van der Waals surface area contributed by atoms with E-state index < -0.39 is 14.6 Å². The maximum atomic E-state index is 12.7. The fraction of sp³-hybridized carbons (Fsp3) is 0.333. The molecule has 0 saturated heterocycles. The van der Waals surface area contributed by atoms with Crippen LogP contribution in [-0.4, -0.2) is 33.1 Å². The molecule has 1 N–H and O–H groups in total. The average molecular weight is 343 g/mol. The molecule has 1 aliphatic heterocycles. The van der Waals surface area contributed by atoms with Gasteiger partial charge in [-0.1, -0.05) is 11.6 Å². The third-order valence-corrected chi connectivity index (χ3v) is 4.40. The molecular formula is C12H13ClFN6OP. The summed E-state index contributed by atoms with van der Waals surface area (Å²) in [4.78, 5) is 22.3. The normalized spacial score (nSPS) is 14.4. The van der Waals surface area contributed by atoms with Crippen molar-refractivity contribution in [3.63, 3.8) is 0 Å². The molecule has 0 spiro atoms. The third kappa shape index (κ3) is 2.53. The first-order chi connectivity index (χ1) is 10.7. The topological polar surface area (TPSA) is 75.9 Å². The largest absolute Gasteiger partial charge is 0.373 e. The average Bonchev–Trinajstić information content (AvgIpc) is 2.56. The summed E-state index contributed by atoms with van der Waals surface area (Å²) in [6, 6.07) is 0. The van der Waals surface area contributed by atoms with Crippen molar-refractivity contribution in [1.29, 1.82) is 0 Å². The lowest BCUT2D eigenvalue weighted by Crippen LogP contribution is -2.33. The minimum atomic E-state index is -1.24. The lowest BCUT2D eigenvalue weighted by Gasteiger charge is -2.30. The Morgan fingerprint density at radius 1 is 1.45 bits per heavy atom. The van der Waals surface area contributed by atoms with E-state index in [1.807, 2.05) is 11.9 Å². The highest BCUT2D eigenvalue weighted by atomic mass is 35.5. The van der Waals surface area contributed by atoms with Gasteiger partial charge in [0.05, 0.1) is 24.1 Å². The maximum Gasteiger partial charge on any atom is 0.293 e. The Labute approximate surface area is 132 Å². The van der Waals surface area contributed by atoms with Crippen molar-refractivity contribution in [2.75, 3.05) is 23.8 Å². The summed E-state index contributed by atoms with van der Waals surface area (Å²) in [5, 5.41) is 6.81. The number of nitrogens with one attached hydrogen (secondary N) is 1. The highest BCUT2D eigenvalue weighted by molar-refractivity contribution is 7.29. The van der Waals surface area contributed by atoms with E-state index in [0.717, 1.165) is 23.5 Å². The summed E-state index contributed by atoms with van der Waals surface area (Å²) in [5.41, 5.74) is 1.81. The van der Waals surface area contributed by atoms with Crippen LogP contribution in [0.5, 0.6) is 0 Å². The first kappa shape index (κ1) is 15.1. The molecule has 0 amide bonds. The summed E-state index contributed by atoms with van der Waals surface area (Å²) in [5.74, 6) is 0.808.